The van der Waals surface area contributed by atoms with Gasteiger partial charge in [0.25, 0.3) is 0 Å². The second kappa shape index (κ2) is 5.11. The minimum absolute atomic E-state index is 0.356. The van der Waals surface area contributed by atoms with Gasteiger partial charge in [-0.3, -0.25) is 4.79 Å². The number of carbonyl (C=O) groups excluding carboxylic acids is 1. The van der Waals surface area contributed by atoms with E-state index in [-0.39, 0.29) is 0 Å². The Kier molecular flexibility index (Phi) is 3.52. The molecule has 1 aromatic carbocycles. The first kappa shape index (κ1) is 13.1. The SMILES string of the molecule is Cc1nn(C)c(Oc2ccc(C(N)=O)cc2)c1CN. The quantitative estimate of drug-likeness (QED) is 0.859. The first-order valence-electron chi connectivity index (χ1n) is 5.83. The Labute approximate surface area is 111 Å². The molecule has 0 saturated heterocycles. The molecule has 0 bridgehead atoms. The number of nitrogens with two attached hydrogens (primary N) is 2. The fraction of sp³-hybridized carbons (Fsp3) is 0.231. The zero-order chi connectivity index (χ0) is 14.0. The number of benzene rings is 1. The van der Waals surface area contributed by atoms with Crippen LogP contribution in [0.5, 0.6) is 11.6 Å². The van der Waals surface area contributed by atoms with Crippen LogP contribution in [0.15, 0.2) is 24.3 Å². The molecule has 0 aliphatic rings. The van der Waals surface area contributed by atoms with Crippen molar-refractivity contribution in [3.05, 3.63) is 41.1 Å². The van der Waals surface area contributed by atoms with Crippen LogP contribution in [0, 0.1) is 6.92 Å². The maximum atomic E-state index is 11.0. The lowest BCUT2D eigenvalue weighted by atomic mass is 10.2. The van der Waals surface area contributed by atoms with E-state index in [1.165, 1.54) is 0 Å². The van der Waals surface area contributed by atoms with Crippen molar-refractivity contribution in [2.75, 3.05) is 0 Å². The number of aryl methyl sites for hydroxylation is 2. The van der Waals surface area contributed by atoms with E-state index in [4.69, 9.17) is 16.2 Å². The number of hydrogen-bond donors (Lipinski definition) is 2. The summed E-state index contributed by atoms with van der Waals surface area (Å²) < 4.78 is 7.39. The number of ether oxygens (including phenoxy) is 1. The van der Waals surface area contributed by atoms with E-state index in [0.717, 1.165) is 11.3 Å². The predicted octanol–water partition coefficient (Wildman–Crippen LogP) is 1.08. The third kappa shape index (κ3) is 2.58. The molecule has 4 N–H and O–H groups in total. The Morgan fingerprint density at radius 1 is 1.37 bits per heavy atom. The van der Waals surface area contributed by atoms with Crippen molar-refractivity contribution in [1.29, 1.82) is 0 Å². The largest absolute Gasteiger partial charge is 0.439 e. The van der Waals surface area contributed by atoms with Crippen LogP contribution in [0.2, 0.25) is 0 Å². The Bertz CT molecular complexity index is 602. The fourth-order valence-corrected chi connectivity index (χ4v) is 1.84. The van der Waals surface area contributed by atoms with E-state index in [2.05, 4.69) is 5.10 Å². The number of carbonyl (C=O) groups is 1. The average Bonchev–Trinajstić information content (AvgIpc) is 2.64. The molecule has 0 saturated carbocycles. The lowest BCUT2D eigenvalue weighted by Crippen LogP contribution is -2.10. The minimum Gasteiger partial charge on any atom is -0.439 e. The summed E-state index contributed by atoms with van der Waals surface area (Å²) in [6.07, 6.45) is 0. The molecule has 1 heterocycles. The fourth-order valence-electron chi connectivity index (χ4n) is 1.84. The number of rotatable bonds is 4. The number of amides is 1. The van der Waals surface area contributed by atoms with Crippen LogP contribution in [0.1, 0.15) is 21.6 Å². The van der Waals surface area contributed by atoms with Crippen molar-refractivity contribution in [3.63, 3.8) is 0 Å². The molecule has 0 atom stereocenters. The Morgan fingerprint density at radius 2 is 2.00 bits per heavy atom. The summed E-state index contributed by atoms with van der Waals surface area (Å²) in [4.78, 5) is 11.0. The molecular weight excluding hydrogens is 244 g/mol. The van der Waals surface area contributed by atoms with Crippen molar-refractivity contribution in [1.82, 2.24) is 9.78 Å². The molecule has 0 aliphatic heterocycles. The summed E-state index contributed by atoms with van der Waals surface area (Å²) in [6, 6.07) is 6.59. The Balaban J connectivity index is 2.28. The van der Waals surface area contributed by atoms with Gasteiger partial charge in [-0.2, -0.15) is 5.10 Å². The molecule has 2 rings (SSSR count). The summed E-state index contributed by atoms with van der Waals surface area (Å²) in [5, 5.41) is 4.26. The Morgan fingerprint density at radius 3 is 2.53 bits per heavy atom. The van der Waals surface area contributed by atoms with Gasteiger partial charge in [-0.05, 0) is 31.2 Å². The highest BCUT2D eigenvalue weighted by Gasteiger charge is 2.14. The van der Waals surface area contributed by atoms with Gasteiger partial charge < -0.3 is 16.2 Å². The van der Waals surface area contributed by atoms with E-state index in [0.29, 0.717) is 23.7 Å². The zero-order valence-electron chi connectivity index (χ0n) is 10.9. The van der Waals surface area contributed by atoms with E-state index >= 15 is 0 Å². The number of aromatic nitrogens is 2. The van der Waals surface area contributed by atoms with Gasteiger partial charge in [0.15, 0.2) is 0 Å². The van der Waals surface area contributed by atoms with E-state index in [9.17, 15) is 4.79 Å². The highest BCUT2D eigenvalue weighted by molar-refractivity contribution is 5.92. The molecule has 6 heteroatoms. The van der Waals surface area contributed by atoms with Crippen LogP contribution in [0.25, 0.3) is 0 Å². The van der Waals surface area contributed by atoms with Crippen LogP contribution in [-0.4, -0.2) is 15.7 Å². The van der Waals surface area contributed by atoms with Gasteiger partial charge in [0.1, 0.15) is 5.75 Å². The van der Waals surface area contributed by atoms with Crippen LogP contribution >= 0.6 is 0 Å². The van der Waals surface area contributed by atoms with Gasteiger partial charge in [0.05, 0.1) is 11.3 Å². The smallest absolute Gasteiger partial charge is 0.248 e. The van der Waals surface area contributed by atoms with Crippen molar-refractivity contribution in [2.45, 2.75) is 13.5 Å². The average molecular weight is 260 g/mol. The van der Waals surface area contributed by atoms with Gasteiger partial charge >= 0.3 is 0 Å². The molecule has 0 radical (unpaired) electrons. The molecule has 19 heavy (non-hydrogen) atoms. The first-order chi connectivity index (χ1) is 9.02. The van der Waals surface area contributed by atoms with Crippen LogP contribution in [0.4, 0.5) is 0 Å². The highest BCUT2D eigenvalue weighted by Crippen LogP contribution is 2.26. The lowest BCUT2D eigenvalue weighted by Gasteiger charge is -2.08. The molecule has 100 valence electrons. The van der Waals surface area contributed by atoms with Crippen molar-refractivity contribution in [2.24, 2.45) is 18.5 Å². The normalized spacial score (nSPS) is 10.5. The topological polar surface area (TPSA) is 96.2 Å². The molecule has 2 aromatic rings. The monoisotopic (exact) mass is 260 g/mol. The van der Waals surface area contributed by atoms with Gasteiger partial charge in [-0.1, -0.05) is 0 Å². The van der Waals surface area contributed by atoms with Crippen molar-refractivity contribution < 1.29 is 9.53 Å². The van der Waals surface area contributed by atoms with Gasteiger partial charge in [-0.15, -0.1) is 0 Å². The second-order valence-electron chi connectivity index (χ2n) is 4.19. The minimum atomic E-state index is -0.467. The van der Waals surface area contributed by atoms with Gasteiger partial charge in [-0.25, -0.2) is 4.68 Å². The van der Waals surface area contributed by atoms with Gasteiger partial charge in [0.2, 0.25) is 11.8 Å². The zero-order valence-corrected chi connectivity index (χ0v) is 10.9. The van der Waals surface area contributed by atoms with Gasteiger partial charge in [0, 0.05) is 19.2 Å². The molecule has 0 fully saturated rings. The number of nitrogens with zero attached hydrogens (tertiary/aromatic N) is 2. The standard InChI is InChI=1S/C13H16N4O2/c1-8-11(7-14)13(17(2)16-8)19-10-5-3-9(4-6-10)12(15)18/h3-6H,7,14H2,1-2H3,(H2,15,18). The van der Waals surface area contributed by atoms with Crippen LogP contribution in [-0.2, 0) is 13.6 Å². The molecule has 6 nitrogen and oxygen atoms in total. The van der Waals surface area contributed by atoms with Crippen LogP contribution in [0.3, 0.4) is 0 Å². The molecule has 1 aromatic heterocycles. The summed E-state index contributed by atoms with van der Waals surface area (Å²) in [5.41, 5.74) is 13.0. The molecular formula is C13H16N4O2. The summed E-state index contributed by atoms with van der Waals surface area (Å²) in [7, 11) is 1.79. The second-order valence-corrected chi connectivity index (χ2v) is 4.19. The third-order valence-electron chi connectivity index (χ3n) is 2.85. The Hall–Kier alpha value is -2.34. The van der Waals surface area contributed by atoms with Crippen molar-refractivity contribution >= 4 is 5.91 Å². The summed E-state index contributed by atoms with van der Waals surface area (Å²) >= 11 is 0. The van der Waals surface area contributed by atoms with E-state index in [1.807, 2.05) is 6.92 Å². The maximum absolute atomic E-state index is 11.0. The van der Waals surface area contributed by atoms with Crippen molar-refractivity contribution in [3.8, 4) is 11.6 Å². The molecule has 0 spiro atoms. The number of hydrogen-bond acceptors (Lipinski definition) is 4. The van der Waals surface area contributed by atoms with E-state index in [1.54, 1.807) is 36.0 Å². The molecule has 0 aliphatic carbocycles. The lowest BCUT2D eigenvalue weighted by molar-refractivity contribution is 0.100. The maximum Gasteiger partial charge on any atom is 0.248 e. The first-order valence-corrected chi connectivity index (χ1v) is 5.83. The van der Waals surface area contributed by atoms with Crippen LogP contribution < -0.4 is 16.2 Å². The highest BCUT2D eigenvalue weighted by atomic mass is 16.5. The third-order valence-corrected chi connectivity index (χ3v) is 2.85. The summed E-state index contributed by atoms with van der Waals surface area (Å²) in [5.74, 6) is 0.736. The summed E-state index contributed by atoms with van der Waals surface area (Å²) in [6.45, 7) is 2.24. The van der Waals surface area contributed by atoms with E-state index < -0.39 is 5.91 Å². The number of primary amides is 1. The molecule has 0 unspecified atom stereocenters. The predicted molar refractivity (Wildman–Crippen MR) is 70.9 cm³/mol. The molecule has 1 amide bonds.